The smallest absolute Gasteiger partial charge is 0.451 e. The van der Waals surface area contributed by atoms with Gasteiger partial charge in [0.2, 0.25) is 11.8 Å². The number of nitrogens with zero attached hydrogens (tertiary/aromatic N) is 7. The molecule has 1 aliphatic heterocycles. The Morgan fingerprint density at radius 2 is 2.03 bits per heavy atom. The Labute approximate surface area is 204 Å². The van der Waals surface area contributed by atoms with Crippen LogP contribution >= 0.6 is 22.7 Å². The number of hydrogen-bond acceptors (Lipinski definition) is 11. The van der Waals surface area contributed by atoms with E-state index in [1.807, 2.05) is 17.9 Å². The van der Waals surface area contributed by atoms with Crippen LogP contribution in [0.5, 0.6) is 0 Å². The summed E-state index contributed by atoms with van der Waals surface area (Å²) in [5, 5.41) is 13.0. The zero-order chi connectivity index (χ0) is 24.7. The highest BCUT2D eigenvalue weighted by Crippen LogP contribution is 2.36. The number of carbonyl (C=O) groups excluding carboxylic acids is 1. The van der Waals surface area contributed by atoms with Crippen LogP contribution in [0.2, 0.25) is 0 Å². The third kappa shape index (κ3) is 4.52. The molecule has 1 N–H and O–H groups in total. The molecule has 5 rings (SSSR count). The fourth-order valence-corrected chi connectivity index (χ4v) is 5.34. The average molecular weight is 525 g/mol. The molecular weight excluding hydrogens is 505 g/mol. The van der Waals surface area contributed by atoms with Gasteiger partial charge in [0, 0.05) is 23.3 Å². The molecule has 0 bridgehead atoms. The summed E-state index contributed by atoms with van der Waals surface area (Å²) in [6.07, 6.45) is -3.76. The van der Waals surface area contributed by atoms with E-state index < -0.39 is 18.0 Å². The van der Waals surface area contributed by atoms with Crippen molar-refractivity contribution >= 4 is 55.8 Å². The minimum atomic E-state index is -4.56. The minimum Gasteiger partial charge on any atom is -0.461 e. The first-order chi connectivity index (χ1) is 16.8. The van der Waals surface area contributed by atoms with Crippen molar-refractivity contribution < 1.29 is 22.7 Å². The fourth-order valence-electron chi connectivity index (χ4n) is 3.70. The van der Waals surface area contributed by atoms with Crippen molar-refractivity contribution in [1.29, 1.82) is 0 Å². The molecule has 4 aromatic rings. The van der Waals surface area contributed by atoms with E-state index in [9.17, 15) is 18.0 Å². The topological polar surface area (TPSA) is 111 Å². The summed E-state index contributed by atoms with van der Waals surface area (Å²) in [6.45, 7) is 4.48. The number of esters is 1. The van der Waals surface area contributed by atoms with Gasteiger partial charge in [-0.05, 0) is 19.4 Å². The van der Waals surface area contributed by atoms with Crippen LogP contribution < -0.4 is 10.2 Å². The molecular formula is C20H19F3N8O2S2. The third-order valence-corrected chi connectivity index (χ3v) is 7.22. The summed E-state index contributed by atoms with van der Waals surface area (Å²) >= 11 is 2.73. The second-order valence-corrected chi connectivity index (χ2v) is 9.52. The Kier molecular flexibility index (Phi) is 6.04. The van der Waals surface area contributed by atoms with Crippen molar-refractivity contribution in [2.45, 2.75) is 39.5 Å². The molecule has 0 aliphatic carbocycles. The number of rotatable bonds is 6. The Bertz CT molecular complexity index is 1400. The summed E-state index contributed by atoms with van der Waals surface area (Å²) in [7, 11) is 0. The van der Waals surface area contributed by atoms with Gasteiger partial charge in [0.25, 0.3) is 0 Å². The Balaban J connectivity index is 1.48. The molecule has 0 amide bonds. The largest absolute Gasteiger partial charge is 0.461 e. The summed E-state index contributed by atoms with van der Waals surface area (Å²) in [5.74, 6) is -0.444. The molecule has 0 radical (unpaired) electrons. The zero-order valence-corrected chi connectivity index (χ0v) is 20.2. The lowest BCUT2D eigenvalue weighted by atomic mass is 10.2. The number of nitrogens with one attached hydrogen (secondary N) is 1. The summed E-state index contributed by atoms with van der Waals surface area (Å²) in [5.41, 5.74) is 0.181. The zero-order valence-electron chi connectivity index (χ0n) is 18.6. The first-order valence-corrected chi connectivity index (χ1v) is 12.4. The average Bonchev–Trinajstić information content (AvgIpc) is 3.55. The highest BCUT2D eigenvalue weighted by atomic mass is 32.1. The molecule has 1 aliphatic rings. The number of halogens is 3. The molecule has 0 saturated carbocycles. The van der Waals surface area contributed by atoms with Gasteiger partial charge in [0.15, 0.2) is 16.6 Å². The third-order valence-electron chi connectivity index (χ3n) is 5.29. The van der Waals surface area contributed by atoms with Gasteiger partial charge >= 0.3 is 12.1 Å². The molecule has 0 aromatic carbocycles. The van der Waals surface area contributed by atoms with E-state index in [1.54, 1.807) is 12.3 Å². The second-order valence-electron chi connectivity index (χ2n) is 7.55. The monoisotopic (exact) mass is 524 g/mol. The lowest BCUT2D eigenvalue weighted by Gasteiger charge is -2.29. The van der Waals surface area contributed by atoms with Gasteiger partial charge in [-0.3, -0.25) is 5.32 Å². The number of thiophene rings is 1. The standard InChI is InChI=1S/C20H19F3N8O2S2/c1-3-10-7-11-14(30-5-6-31-13(8-30)28-29-17(31)20(21,22)23)25-18(26-15(11)35-10)27-19-24-12(9-34-19)16(32)33-4-2/h7,9H,3-6,8H2,1-2H3,(H,24,25,26,27). The number of fused-ring (bicyclic) bond motifs is 2. The van der Waals surface area contributed by atoms with Crippen LogP contribution in [0.1, 0.15) is 40.9 Å². The van der Waals surface area contributed by atoms with Gasteiger partial charge < -0.3 is 14.2 Å². The van der Waals surface area contributed by atoms with Crippen molar-refractivity contribution in [3.05, 3.63) is 33.7 Å². The van der Waals surface area contributed by atoms with Crippen molar-refractivity contribution in [2.75, 3.05) is 23.4 Å². The fraction of sp³-hybridized carbons (Fsp3) is 0.400. The molecule has 35 heavy (non-hydrogen) atoms. The molecule has 0 spiro atoms. The lowest BCUT2D eigenvalue weighted by molar-refractivity contribution is -0.147. The first-order valence-electron chi connectivity index (χ1n) is 10.7. The number of hydrogen-bond donors (Lipinski definition) is 1. The summed E-state index contributed by atoms with van der Waals surface area (Å²) < 4.78 is 45.8. The molecule has 15 heteroatoms. The minimum absolute atomic E-state index is 0.0750. The first kappa shape index (κ1) is 23.4. The maximum Gasteiger partial charge on any atom is 0.451 e. The number of alkyl halides is 3. The molecule has 4 aromatic heterocycles. The van der Waals surface area contributed by atoms with E-state index in [1.165, 1.54) is 22.7 Å². The highest BCUT2D eigenvalue weighted by molar-refractivity contribution is 7.18. The van der Waals surface area contributed by atoms with Crippen LogP contribution in [0.4, 0.5) is 30.1 Å². The van der Waals surface area contributed by atoms with E-state index in [2.05, 4.69) is 30.5 Å². The van der Waals surface area contributed by atoms with Gasteiger partial charge in [0.05, 0.1) is 18.5 Å². The highest BCUT2D eigenvalue weighted by Gasteiger charge is 2.39. The second kappa shape index (κ2) is 9.03. The van der Waals surface area contributed by atoms with Crippen LogP contribution in [0.25, 0.3) is 10.2 Å². The van der Waals surface area contributed by atoms with Crippen LogP contribution in [0, 0.1) is 0 Å². The Morgan fingerprint density at radius 3 is 2.77 bits per heavy atom. The van der Waals surface area contributed by atoms with Crippen molar-refractivity contribution in [3.8, 4) is 0 Å². The molecule has 0 unspecified atom stereocenters. The molecule has 5 heterocycles. The molecule has 0 saturated heterocycles. The number of aryl methyl sites for hydroxylation is 1. The SMILES string of the molecule is CCOC(=O)c1csc(Nc2nc(N3CCn4c(nnc4C(F)(F)F)C3)c3cc(CC)sc3n2)n1. The van der Waals surface area contributed by atoms with Crippen molar-refractivity contribution in [2.24, 2.45) is 0 Å². The van der Waals surface area contributed by atoms with Gasteiger partial charge in [0.1, 0.15) is 10.6 Å². The van der Waals surface area contributed by atoms with E-state index in [0.29, 0.717) is 17.5 Å². The van der Waals surface area contributed by atoms with E-state index in [-0.39, 0.29) is 37.2 Å². The normalized spacial score (nSPS) is 13.8. The number of aromatic nitrogens is 6. The molecule has 10 nitrogen and oxygen atoms in total. The van der Waals surface area contributed by atoms with Crippen molar-refractivity contribution in [3.63, 3.8) is 0 Å². The van der Waals surface area contributed by atoms with E-state index >= 15 is 0 Å². The maximum absolute atomic E-state index is 13.2. The summed E-state index contributed by atoms with van der Waals surface area (Å²) in [6, 6.07) is 2.00. The predicted octanol–water partition coefficient (Wildman–Crippen LogP) is 4.26. The Morgan fingerprint density at radius 1 is 1.20 bits per heavy atom. The van der Waals surface area contributed by atoms with Gasteiger partial charge in [-0.2, -0.15) is 18.2 Å². The summed E-state index contributed by atoms with van der Waals surface area (Å²) in [4.78, 5) is 29.1. The molecule has 0 fully saturated rings. The lowest BCUT2D eigenvalue weighted by Crippen LogP contribution is -2.36. The van der Waals surface area contributed by atoms with Crippen LogP contribution in [-0.2, 0) is 30.4 Å². The number of thiazole rings is 1. The van der Waals surface area contributed by atoms with Gasteiger partial charge in [-0.1, -0.05) is 6.92 Å². The predicted molar refractivity (Wildman–Crippen MR) is 124 cm³/mol. The maximum atomic E-state index is 13.2. The van der Waals surface area contributed by atoms with E-state index in [4.69, 9.17) is 4.74 Å². The van der Waals surface area contributed by atoms with E-state index in [0.717, 1.165) is 26.1 Å². The van der Waals surface area contributed by atoms with Gasteiger partial charge in [-0.25, -0.2) is 14.8 Å². The van der Waals surface area contributed by atoms with Crippen LogP contribution in [-0.4, -0.2) is 48.8 Å². The van der Waals surface area contributed by atoms with Crippen LogP contribution in [0.15, 0.2) is 11.4 Å². The number of ether oxygens (including phenoxy) is 1. The van der Waals surface area contributed by atoms with Gasteiger partial charge in [-0.15, -0.1) is 32.9 Å². The number of anilines is 3. The number of carbonyl (C=O) groups is 1. The molecule has 0 atom stereocenters. The van der Waals surface area contributed by atoms with Crippen LogP contribution in [0.3, 0.4) is 0 Å². The molecule has 184 valence electrons. The Hall–Kier alpha value is -3.33. The quantitative estimate of drug-likeness (QED) is 0.370. The van der Waals surface area contributed by atoms with Crippen molar-refractivity contribution in [1.82, 2.24) is 29.7 Å².